The zero-order valence-corrected chi connectivity index (χ0v) is 31.9. The van der Waals surface area contributed by atoms with Gasteiger partial charge in [0.1, 0.15) is 0 Å². The summed E-state index contributed by atoms with van der Waals surface area (Å²) in [5, 5.41) is 7.62. The van der Waals surface area contributed by atoms with Crippen molar-refractivity contribution in [3.8, 4) is 22.3 Å². The van der Waals surface area contributed by atoms with Crippen LogP contribution in [-0.4, -0.2) is 0 Å². The first-order valence-electron chi connectivity index (χ1n) is 19.4. The molecular weight excluding hydrogens is 709 g/mol. The molecule has 0 radical (unpaired) electrons. The van der Waals surface area contributed by atoms with Crippen LogP contribution >= 0.6 is 11.8 Å². The lowest BCUT2D eigenvalue weighted by molar-refractivity contribution is 1.17. The number of nitrogens with zero attached hydrogens (tertiary/aromatic N) is 2. The third kappa shape index (κ3) is 5.83. The molecule has 57 heavy (non-hydrogen) atoms. The highest BCUT2D eigenvalue weighted by molar-refractivity contribution is 7.99. The average Bonchev–Trinajstić information content (AvgIpc) is 3.29. The van der Waals surface area contributed by atoms with Gasteiger partial charge in [-0.25, -0.2) is 0 Å². The van der Waals surface area contributed by atoms with Crippen molar-refractivity contribution >= 4 is 78.2 Å². The van der Waals surface area contributed by atoms with Crippen LogP contribution in [0.5, 0.6) is 0 Å². The SMILES string of the molecule is c1ccc(-c2ccc(N(c3ccc(-c4ccc5c(c4)Sc4ccccc4N5c4ccccc4)cc3)c3ccc4c5ccccc5c5ccccc5c4c3)cc2)cc1. The highest BCUT2D eigenvalue weighted by atomic mass is 32.2. The second-order valence-electron chi connectivity index (χ2n) is 14.5. The molecule has 0 N–H and O–H groups in total. The minimum Gasteiger partial charge on any atom is -0.310 e. The Morgan fingerprint density at radius 3 is 1.40 bits per heavy atom. The lowest BCUT2D eigenvalue weighted by atomic mass is 9.94. The van der Waals surface area contributed by atoms with Gasteiger partial charge in [0, 0.05) is 32.5 Å². The van der Waals surface area contributed by atoms with E-state index >= 15 is 0 Å². The van der Waals surface area contributed by atoms with Crippen molar-refractivity contribution in [2.75, 3.05) is 9.80 Å². The van der Waals surface area contributed by atoms with E-state index in [9.17, 15) is 0 Å². The molecule has 0 saturated carbocycles. The molecule has 2 nitrogen and oxygen atoms in total. The van der Waals surface area contributed by atoms with Crippen molar-refractivity contribution in [3.63, 3.8) is 0 Å². The molecule has 0 atom stereocenters. The van der Waals surface area contributed by atoms with E-state index in [1.54, 1.807) is 0 Å². The van der Waals surface area contributed by atoms with Crippen molar-refractivity contribution in [1.29, 1.82) is 0 Å². The van der Waals surface area contributed by atoms with Crippen molar-refractivity contribution in [1.82, 2.24) is 0 Å². The van der Waals surface area contributed by atoms with Gasteiger partial charge >= 0.3 is 0 Å². The van der Waals surface area contributed by atoms with Crippen LogP contribution in [0.4, 0.5) is 34.1 Å². The van der Waals surface area contributed by atoms with Crippen LogP contribution in [0.15, 0.2) is 228 Å². The number of benzene rings is 10. The summed E-state index contributed by atoms with van der Waals surface area (Å²) < 4.78 is 0. The normalized spacial score (nSPS) is 12.1. The Kier molecular flexibility index (Phi) is 8.12. The van der Waals surface area contributed by atoms with Gasteiger partial charge in [-0.3, -0.25) is 0 Å². The minimum absolute atomic E-state index is 1.10. The maximum atomic E-state index is 2.39. The molecule has 268 valence electrons. The van der Waals surface area contributed by atoms with Crippen LogP contribution < -0.4 is 9.80 Å². The Balaban J connectivity index is 1.02. The number of para-hydroxylation sites is 2. The first kappa shape index (κ1) is 33.3. The molecule has 3 heteroatoms. The van der Waals surface area contributed by atoms with Gasteiger partial charge in [0.25, 0.3) is 0 Å². The fourth-order valence-electron chi connectivity index (χ4n) is 8.51. The van der Waals surface area contributed by atoms with Crippen LogP contribution in [0, 0.1) is 0 Å². The van der Waals surface area contributed by atoms with Crippen LogP contribution in [0.25, 0.3) is 54.6 Å². The Morgan fingerprint density at radius 2 is 0.754 bits per heavy atom. The van der Waals surface area contributed by atoms with E-state index in [4.69, 9.17) is 0 Å². The summed E-state index contributed by atoms with van der Waals surface area (Å²) in [5.41, 5.74) is 11.7. The second-order valence-corrected chi connectivity index (χ2v) is 15.6. The van der Waals surface area contributed by atoms with Gasteiger partial charge < -0.3 is 9.80 Å². The van der Waals surface area contributed by atoms with Crippen LogP contribution in [0.3, 0.4) is 0 Å². The quantitative estimate of drug-likeness (QED) is 0.157. The summed E-state index contributed by atoms with van der Waals surface area (Å²) in [6, 6.07) is 79.4. The molecule has 0 amide bonds. The molecule has 0 fully saturated rings. The molecule has 0 aromatic heterocycles. The molecule has 1 aliphatic rings. The summed E-state index contributed by atoms with van der Waals surface area (Å²) in [5.74, 6) is 0. The Labute approximate surface area is 336 Å². The molecular formula is C54H36N2S. The molecule has 0 saturated heterocycles. The summed E-state index contributed by atoms with van der Waals surface area (Å²) in [6.07, 6.45) is 0. The third-order valence-corrected chi connectivity index (χ3v) is 12.3. The van der Waals surface area contributed by atoms with Gasteiger partial charge in [0.15, 0.2) is 0 Å². The fourth-order valence-corrected chi connectivity index (χ4v) is 9.61. The highest BCUT2D eigenvalue weighted by Crippen LogP contribution is 2.52. The Morgan fingerprint density at radius 1 is 0.298 bits per heavy atom. The number of anilines is 6. The second kappa shape index (κ2) is 13.9. The smallest absolute Gasteiger partial charge is 0.0602 e. The summed E-state index contributed by atoms with van der Waals surface area (Å²) >= 11 is 1.84. The van der Waals surface area contributed by atoms with E-state index in [-0.39, 0.29) is 0 Å². The van der Waals surface area contributed by atoms with Crippen LogP contribution in [0.1, 0.15) is 0 Å². The maximum absolute atomic E-state index is 2.39. The van der Waals surface area contributed by atoms with Gasteiger partial charge in [0.05, 0.1) is 11.4 Å². The van der Waals surface area contributed by atoms with Crippen LogP contribution in [0.2, 0.25) is 0 Å². The molecule has 11 rings (SSSR count). The lowest BCUT2D eigenvalue weighted by Gasteiger charge is -2.33. The Hall–Kier alpha value is -7.07. The molecule has 0 spiro atoms. The largest absolute Gasteiger partial charge is 0.310 e. The fraction of sp³-hybridized carbons (Fsp3) is 0. The maximum Gasteiger partial charge on any atom is 0.0602 e. The van der Waals surface area contributed by atoms with Crippen molar-refractivity contribution in [3.05, 3.63) is 218 Å². The summed E-state index contributed by atoms with van der Waals surface area (Å²) in [6.45, 7) is 0. The van der Waals surface area contributed by atoms with Gasteiger partial charge in [0.2, 0.25) is 0 Å². The molecule has 1 aliphatic heterocycles. The molecule has 10 aromatic rings. The molecule has 0 bridgehead atoms. The number of rotatable bonds is 6. The van der Waals surface area contributed by atoms with E-state index in [0.29, 0.717) is 0 Å². The predicted octanol–water partition coefficient (Wildman–Crippen LogP) is 15.9. The third-order valence-electron chi connectivity index (χ3n) is 11.2. The Bertz CT molecular complexity index is 3050. The van der Waals surface area contributed by atoms with Crippen molar-refractivity contribution < 1.29 is 0 Å². The number of fused-ring (bicyclic) bond motifs is 8. The van der Waals surface area contributed by atoms with E-state index in [1.807, 2.05) is 11.8 Å². The lowest BCUT2D eigenvalue weighted by Crippen LogP contribution is -2.14. The zero-order valence-electron chi connectivity index (χ0n) is 31.1. The molecule has 1 heterocycles. The first-order chi connectivity index (χ1) is 28.3. The summed E-state index contributed by atoms with van der Waals surface area (Å²) in [4.78, 5) is 7.27. The predicted molar refractivity (Wildman–Crippen MR) is 243 cm³/mol. The number of hydrogen-bond acceptors (Lipinski definition) is 3. The minimum atomic E-state index is 1.10. The van der Waals surface area contributed by atoms with Gasteiger partial charge in [-0.2, -0.15) is 0 Å². The standard InChI is InChI=1S/C54H36N2S/c1-3-13-37(14-4-1)38-23-28-42(29-24-38)55(44-32-33-49-47-19-8-7-17-45(47)46-18-9-10-20-48(46)50(49)36-44)43-30-25-39(26-31-43)40-27-34-52-54(35-40)57-53-22-12-11-21-51(53)56(52)41-15-5-2-6-16-41/h1-36H. The van der Waals surface area contributed by atoms with Gasteiger partial charge in [-0.15, -0.1) is 0 Å². The number of hydrogen-bond donors (Lipinski definition) is 0. The van der Waals surface area contributed by atoms with E-state index in [1.165, 1.54) is 75.7 Å². The van der Waals surface area contributed by atoms with Gasteiger partial charge in [-0.05, 0) is 127 Å². The van der Waals surface area contributed by atoms with Crippen molar-refractivity contribution in [2.24, 2.45) is 0 Å². The zero-order chi connectivity index (χ0) is 37.7. The molecule has 0 unspecified atom stereocenters. The monoisotopic (exact) mass is 744 g/mol. The van der Waals surface area contributed by atoms with Crippen LogP contribution in [-0.2, 0) is 0 Å². The summed E-state index contributed by atoms with van der Waals surface area (Å²) in [7, 11) is 0. The first-order valence-corrected chi connectivity index (χ1v) is 20.2. The molecule has 0 aliphatic carbocycles. The van der Waals surface area contributed by atoms with Crippen molar-refractivity contribution in [2.45, 2.75) is 9.79 Å². The van der Waals surface area contributed by atoms with Gasteiger partial charge in [-0.1, -0.05) is 157 Å². The van der Waals surface area contributed by atoms with E-state index < -0.39 is 0 Å². The highest BCUT2D eigenvalue weighted by Gasteiger charge is 2.25. The van der Waals surface area contributed by atoms with E-state index in [0.717, 1.165) is 22.7 Å². The van der Waals surface area contributed by atoms with E-state index in [2.05, 4.69) is 228 Å². The topological polar surface area (TPSA) is 6.48 Å². The molecule has 10 aromatic carbocycles. The average molecular weight is 745 g/mol.